The largest absolute Gasteiger partial charge is 0.341 e. The van der Waals surface area contributed by atoms with E-state index in [0.717, 1.165) is 37.7 Å². The van der Waals surface area contributed by atoms with Crippen LogP contribution >= 0.6 is 11.3 Å². The summed E-state index contributed by atoms with van der Waals surface area (Å²) in [7, 11) is 0. The van der Waals surface area contributed by atoms with Gasteiger partial charge in [0.05, 0.1) is 17.8 Å². The molecule has 6 heteroatoms. The lowest BCUT2D eigenvalue weighted by atomic mass is 10.3. The molecule has 1 saturated heterocycles. The summed E-state index contributed by atoms with van der Waals surface area (Å²) in [6, 6.07) is 4.16. The molecule has 0 atom stereocenters. The van der Waals surface area contributed by atoms with Gasteiger partial charge in [0, 0.05) is 30.7 Å². The van der Waals surface area contributed by atoms with Crippen molar-refractivity contribution in [2.75, 3.05) is 24.5 Å². The molecule has 0 spiro atoms. The number of hydrogen-bond donors (Lipinski definition) is 0. The molecule has 0 radical (unpaired) electrons. The molecule has 1 amide bonds. The Morgan fingerprint density at radius 2 is 2.14 bits per heavy atom. The molecule has 0 unspecified atom stereocenters. The van der Waals surface area contributed by atoms with E-state index in [2.05, 4.69) is 26.3 Å². The van der Waals surface area contributed by atoms with Crippen molar-refractivity contribution in [3.8, 4) is 0 Å². The molecule has 0 aromatic carbocycles. The van der Waals surface area contributed by atoms with Crippen LogP contribution < -0.4 is 4.90 Å². The van der Waals surface area contributed by atoms with Gasteiger partial charge in [0.2, 0.25) is 5.95 Å². The van der Waals surface area contributed by atoms with Crippen LogP contribution in [0.5, 0.6) is 0 Å². The predicted octanol–water partition coefficient (Wildman–Crippen LogP) is 2.34. The average molecular weight is 314 g/mol. The number of amides is 1. The number of fused-ring (bicyclic) bond motifs is 1. The first kappa shape index (κ1) is 13.7. The van der Waals surface area contributed by atoms with Crippen LogP contribution in [0, 0.1) is 0 Å². The molecule has 22 heavy (non-hydrogen) atoms. The Morgan fingerprint density at radius 1 is 1.27 bits per heavy atom. The molecule has 4 rings (SSSR count). The third-order valence-corrected chi connectivity index (χ3v) is 5.25. The number of carbonyl (C=O) groups excluding carboxylic acids is 1. The van der Waals surface area contributed by atoms with Crippen LogP contribution in [-0.2, 0) is 13.0 Å². The topological polar surface area (TPSA) is 49.3 Å². The van der Waals surface area contributed by atoms with E-state index in [1.54, 1.807) is 17.5 Å². The van der Waals surface area contributed by atoms with E-state index in [9.17, 15) is 4.79 Å². The number of anilines is 1. The van der Waals surface area contributed by atoms with E-state index in [1.807, 2.05) is 11.0 Å². The summed E-state index contributed by atoms with van der Waals surface area (Å²) in [4.78, 5) is 26.9. The van der Waals surface area contributed by atoms with Crippen molar-refractivity contribution in [3.05, 3.63) is 39.8 Å². The minimum Gasteiger partial charge on any atom is -0.341 e. The van der Waals surface area contributed by atoms with Gasteiger partial charge in [-0.25, -0.2) is 9.97 Å². The molecule has 0 bridgehead atoms. The maximum atomic E-state index is 12.4. The van der Waals surface area contributed by atoms with Gasteiger partial charge in [-0.3, -0.25) is 4.79 Å². The van der Waals surface area contributed by atoms with Crippen molar-refractivity contribution in [3.63, 3.8) is 0 Å². The summed E-state index contributed by atoms with van der Waals surface area (Å²) in [5.41, 5.74) is 1.56. The molecule has 0 N–H and O–H groups in total. The van der Waals surface area contributed by atoms with Crippen molar-refractivity contribution >= 4 is 23.2 Å². The highest BCUT2D eigenvalue weighted by Gasteiger charge is 2.30. The van der Waals surface area contributed by atoms with Crippen LogP contribution in [-0.4, -0.2) is 40.4 Å². The third kappa shape index (κ3) is 2.47. The molecule has 5 nitrogen and oxygen atoms in total. The van der Waals surface area contributed by atoms with Gasteiger partial charge in [-0.1, -0.05) is 6.07 Å². The summed E-state index contributed by atoms with van der Waals surface area (Å²) in [6.45, 7) is 3.40. The standard InChI is InChI=1S/C16H18N4OS/c21-15-13-10-17-16(19-6-1-2-7-19)18-14(13)11-20(15)8-5-12-4-3-9-22-12/h3-4,9-10H,1-2,5-8,11H2. The van der Waals surface area contributed by atoms with Gasteiger partial charge in [-0.15, -0.1) is 11.3 Å². The zero-order valence-corrected chi connectivity index (χ0v) is 13.2. The highest BCUT2D eigenvalue weighted by atomic mass is 32.1. The van der Waals surface area contributed by atoms with Gasteiger partial charge in [-0.2, -0.15) is 0 Å². The molecule has 2 aromatic heterocycles. The highest BCUT2D eigenvalue weighted by molar-refractivity contribution is 7.09. The van der Waals surface area contributed by atoms with E-state index in [4.69, 9.17) is 0 Å². The van der Waals surface area contributed by atoms with E-state index >= 15 is 0 Å². The molecule has 1 fully saturated rings. The molecule has 114 valence electrons. The molecular formula is C16H18N4OS. The van der Waals surface area contributed by atoms with Gasteiger partial charge >= 0.3 is 0 Å². The van der Waals surface area contributed by atoms with Crippen molar-refractivity contribution in [2.45, 2.75) is 25.8 Å². The van der Waals surface area contributed by atoms with E-state index in [0.29, 0.717) is 12.1 Å². The van der Waals surface area contributed by atoms with E-state index in [-0.39, 0.29) is 5.91 Å². The van der Waals surface area contributed by atoms with Gasteiger partial charge in [0.15, 0.2) is 0 Å². The molecule has 0 saturated carbocycles. The summed E-state index contributed by atoms with van der Waals surface area (Å²) < 4.78 is 0. The lowest BCUT2D eigenvalue weighted by Gasteiger charge is -2.15. The smallest absolute Gasteiger partial charge is 0.257 e. The number of hydrogen-bond acceptors (Lipinski definition) is 5. The minimum absolute atomic E-state index is 0.0690. The first-order valence-electron chi connectivity index (χ1n) is 7.74. The molecule has 0 aliphatic carbocycles. The summed E-state index contributed by atoms with van der Waals surface area (Å²) >= 11 is 1.74. The van der Waals surface area contributed by atoms with Crippen LogP contribution in [0.4, 0.5) is 5.95 Å². The fraction of sp³-hybridized carbons (Fsp3) is 0.438. The van der Waals surface area contributed by atoms with Gasteiger partial charge in [0.1, 0.15) is 0 Å². The number of thiophene rings is 1. The molecule has 2 aliphatic rings. The SMILES string of the molecule is O=C1c2cnc(N3CCCC3)nc2CN1CCc1cccs1. The number of carbonyl (C=O) groups is 1. The summed E-state index contributed by atoms with van der Waals surface area (Å²) in [5.74, 6) is 0.851. The third-order valence-electron chi connectivity index (χ3n) is 4.31. The Hall–Kier alpha value is -1.95. The monoisotopic (exact) mass is 314 g/mol. The zero-order valence-electron chi connectivity index (χ0n) is 12.4. The second-order valence-corrected chi connectivity index (χ2v) is 6.81. The van der Waals surface area contributed by atoms with Crippen molar-refractivity contribution in [1.29, 1.82) is 0 Å². The first-order valence-corrected chi connectivity index (χ1v) is 8.62. The van der Waals surface area contributed by atoms with E-state index in [1.165, 1.54) is 17.7 Å². The Morgan fingerprint density at radius 3 is 2.91 bits per heavy atom. The zero-order chi connectivity index (χ0) is 14.9. The number of rotatable bonds is 4. The Bertz CT molecular complexity index is 679. The summed E-state index contributed by atoms with van der Waals surface area (Å²) in [6.07, 6.45) is 5.02. The van der Waals surface area contributed by atoms with E-state index < -0.39 is 0 Å². The number of aromatic nitrogens is 2. The molecule has 4 heterocycles. The fourth-order valence-corrected chi connectivity index (χ4v) is 3.78. The first-order chi connectivity index (χ1) is 10.8. The highest BCUT2D eigenvalue weighted by Crippen LogP contribution is 2.24. The van der Waals surface area contributed by atoms with Gasteiger partial charge in [-0.05, 0) is 30.7 Å². The second kappa shape index (κ2) is 5.68. The minimum atomic E-state index is 0.0690. The lowest BCUT2D eigenvalue weighted by molar-refractivity contribution is 0.0780. The van der Waals surface area contributed by atoms with Crippen molar-refractivity contribution in [2.24, 2.45) is 0 Å². The fourth-order valence-electron chi connectivity index (χ4n) is 3.08. The van der Waals surface area contributed by atoms with Gasteiger partial charge < -0.3 is 9.80 Å². The molecular weight excluding hydrogens is 296 g/mol. The van der Waals surface area contributed by atoms with Crippen molar-refractivity contribution < 1.29 is 4.79 Å². The maximum absolute atomic E-state index is 12.4. The molecule has 2 aromatic rings. The Labute approximate surface area is 133 Å². The Balaban J connectivity index is 1.48. The van der Waals surface area contributed by atoms with Crippen LogP contribution in [0.3, 0.4) is 0 Å². The van der Waals surface area contributed by atoms with Crippen LogP contribution in [0.1, 0.15) is 33.8 Å². The quantitative estimate of drug-likeness (QED) is 0.869. The van der Waals surface area contributed by atoms with Crippen LogP contribution in [0.2, 0.25) is 0 Å². The predicted molar refractivity (Wildman–Crippen MR) is 86.2 cm³/mol. The normalized spacial score (nSPS) is 17.4. The number of nitrogens with zero attached hydrogens (tertiary/aromatic N) is 4. The van der Waals surface area contributed by atoms with Gasteiger partial charge in [0.25, 0.3) is 5.91 Å². The molecule has 2 aliphatic heterocycles. The van der Waals surface area contributed by atoms with Crippen LogP contribution in [0.25, 0.3) is 0 Å². The maximum Gasteiger partial charge on any atom is 0.257 e. The van der Waals surface area contributed by atoms with Crippen molar-refractivity contribution in [1.82, 2.24) is 14.9 Å². The lowest BCUT2D eigenvalue weighted by Crippen LogP contribution is -2.26. The second-order valence-electron chi connectivity index (χ2n) is 5.78. The van der Waals surface area contributed by atoms with Crippen LogP contribution in [0.15, 0.2) is 23.7 Å². The summed E-state index contributed by atoms with van der Waals surface area (Å²) in [5, 5.41) is 2.07. The Kier molecular flexibility index (Phi) is 3.54. The average Bonchev–Trinajstić information content (AvgIpc) is 3.27.